The molecule has 180 valence electrons. The van der Waals surface area contributed by atoms with Gasteiger partial charge in [0.25, 0.3) is 11.1 Å². The quantitative estimate of drug-likeness (QED) is 0.269. The standard InChI is InChI=1S/C26H22BrNO6S/c1-15(25(30)33-3)28-24(29)22(35-26(28)31)13-16-11-20(27)23(21(12-16)32-2)34-14-18-9-6-8-17-7-4-5-10-19(17)18/h4-13,15H,14H2,1-3H3/b22-13-/t15-/m1/s1. The lowest BCUT2D eigenvalue weighted by Crippen LogP contribution is -2.42. The number of esters is 1. The molecule has 1 saturated heterocycles. The van der Waals surface area contributed by atoms with E-state index < -0.39 is 23.2 Å². The molecular formula is C26H22BrNO6S. The molecule has 1 atom stereocenters. The molecule has 0 aromatic heterocycles. The summed E-state index contributed by atoms with van der Waals surface area (Å²) in [6.45, 7) is 1.78. The molecule has 7 nitrogen and oxygen atoms in total. The molecule has 35 heavy (non-hydrogen) atoms. The minimum Gasteiger partial charge on any atom is -0.493 e. The van der Waals surface area contributed by atoms with E-state index >= 15 is 0 Å². The van der Waals surface area contributed by atoms with E-state index in [1.165, 1.54) is 21.1 Å². The number of rotatable bonds is 7. The van der Waals surface area contributed by atoms with E-state index in [9.17, 15) is 14.4 Å². The Labute approximate surface area is 215 Å². The highest BCUT2D eigenvalue weighted by Gasteiger charge is 2.41. The fourth-order valence-electron chi connectivity index (χ4n) is 3.77. The smallest absolute Gasteiger partial charge is 0.328 e. The fraction of sp³-hybridized carbons (Fsp3) is 0.192. The number of benzene rings is 3. The molecule has 3 aromatic rings. The van der Waals surface area contributed by atoms with Crippen molar-refractivity contribution in [3.05, 3.63) is 75.1 Å². The van der Waals surface area contributed by atoms with E-state index in [1.807, 2.05) is 24.3 Å². The highest BCUT2D eigenvalue weighted by molar-refractivity contribution is 9.10. The molecule has 4 rings (SSSR count). The molecule has 3 aromatic carbocycles. The van der Waals surface area contributed by atoms with Gasteiger partial charge in [0, 0.05) is 0 Å². The summed E-state index contributed by atoms with van der Waals surface area (Å²) in [5.41, 5.74) is 1.66. The molecule has 0 radical (unpaired) electrons. The lowest BCUT2D eigenvalue weighted by Gasteiger charge is -2.18. The number of ether oxygens (including phenoxy) is 3. The second kappa shape index (κ2) is 10.5. The summed E-state index contributed by atoms with van der Waals surface area (Å²) in [6, 6.07) is 16.6. The summed E-state index contributed by atoms with van der Waals surface area (Å²) < 4.78 is 17.0. The number of halogens is 1. The highest BCUT2D eigenvalue weighted by atomic mass is 79.9. The van der Waals surface area contributed by atoms with Crippen LogP contribution in [-0.2, 0) is 20.9 Å². The lowest BCUT2D eigenvalue weighted by atomic mass is 10.1. The maximum atomic E-state index is 12.8. The number of thioether (sulfide) groups is 1. The molecular weight excluding hydrogens is 534 g/mol. The third kappa shape index (κ3) is 5.06. The molecule has 1 aliphatic heterocycles. The second-order valence-corrected chi connectivity index (χ2v) is 9.56. The Kier molecular flexibility index (Phi) is 7.47. The SMILES string of the molecule is COC(=O)[C@@H](C)N1C(=O)S/C(=C\c2cc(Br)c(OCc3cccc4ccccc34)c(OC)c2)C1=O. The third-order valence-corrected chi connectivity index (χ3v) is 7.03. The van der Waals surface area contributed by atoms with Gasteiger partial charge in [-0.15, -0.1) is 0 Å². The molecule has 0 aliphatic carbocycles. The van der Waals surface area contributed by atoms with Gasteiger partial charge in [-0.1, -0.05) is 42.5 Å². The molecule has 0 bridgehead atoms. The van der Waals surface area contributed by atoms with Crippen LogP contribution in [0.3, 0.4) is 0 Å². The van der Waals surface area contributed by atoms with Crippen molar-refractivity contribution in [2.75, 3.05) is 14.2 Å². The monoisotopic (exact) mass is 555 g/mol. The van der Waals surface area contributed by atoms with Crippen LogP contribution >= 0.6 is 27.7 Å². The zero-order valence-corrected chi connectivity index (χ0v) is 21.6. The molecule has 1 aliphatic rings. The molecule has 9 heteroatoms. The Morgan fingerprint density at radius 2 is 1.86 bits per heavy atom. The minimum absolute atomic E-state index is 0.198. The minimum atomic E-state index is -1.01. The van der Waals surface area contributed by atoms with Crippen molar-refractivity contribution in [3.8, 4) is 11.5 Å². The molecule has 1 heterocycles. The van der Waals surface area contributed by atoms with Gasteiger partial charge in [-0.2, -0.15) is 0 Å². The summed E-state index contributed by atoms with van der Waals surface area (Å²) in [4.78, 5) is 38.1. The number of fused-ring (bicyclic) bond motifs is 1. The predicted molar refractivity (Wildman–Crippen MR) is 138 cm³/mol. The predicted octanol–water partition coefficient (Wildman–Crippen LogP) is 5.79. The molecule has 0 N–H and O–H groups in total. The van der Waals surface area contributed by atoms with Gasteiger partial charge in [-0.3, -0.25) is 14.5 Å². The Bertz CT molecular complexity index is 1350. The maximum Gasteiger partial charge on any atom is 0.328 e. The number of nitrogens with zero attached hydrogens (tertiary/aromatic N) is 1. The van der Waals surface area contributed by atoms with Gasteiger partial charge >= 0.3 is 5.97 Å². The molecule has 0 unspecified atom stereocenters. The zero-order valence-electron chi connectivity index (χ0n) is 19.2. The zero-order chi connectivity index (χ0) is 25.1. The van der Waals surface area contributed by atoms with Gasteiger partial charge < -0.3 is 14.2 Å². The van der Waals surface area contributed by atoms with Gasteiger partial charge in [-0.05, 0) is 74.7 Å². The Morgan fingerprint density at radius 3 is 2.60 bits per heavy atom. The number of hydrogen-bond acceptors (Lipinski definition) is 7. The first-order valence-corrected chi connectivity index (χ1v) is 12.3. The normalized spacial score (nSPS) is 15.5. The number of amides is 2. The van der Waals surface area contributed by atoms with Gasteiger partial charge in [-0.25, -0.2) is 4.79 Å². The molecule has 0 saturated carbocycles. The Hall–Kier alpha value is -3.30. The number of carbonyl (C=O) groups is 3. The van der Waals surface area contributed by atoms with E-state index in [-0.39, 0.29) is 4.91 Å². The topological polar surface area (TPSA) is 82.1 Å². The lowest BCUT2D eigenvalue weighted by molar-refractivity contribution is -0.148. The third-order valence-electron chi connectivity index (χ3n) is 5.55. The number of hydrogen-bond donors (Lipinski definition) is 0. The number of methoxy groups -OCH3 is 2. The van der Waals surface area contributed by atoms with Gasteiger partial charge in [0.15, 0.2) is 11.5 Å². The average Bonchev–Trinajstić information content (AvgIpc) is 3.14. The van der Waals surface area contributed by atoms with Crippen molar-refractivity contribution in [1.29, 1.82) is 0 Å². The summed E-state index contributed by atoms with van der Waals surface area (Å²) in [5.74, 6) is -0.229. The van der Waals surface area contributed by atoms with Crippen molar-refractivity contribution >= 4 is 61.7 Å². The fourth-order valence-corrected chi connectivity index (χ4v) is 5.25. The number of carbonyl (C=O) groups excluding carboxylic acids is 3. The van der Waals surface area contributed by atoms with Crippen LogP contribution in [0.2, 0.25) is 0 Å². The average molecular weight is 556 g/mol. The van der Waals surface area contributed by atoms with Crippen LogP contribution in [0, 0.1) is 0 Å². The second-order valence-electron chi connectivity index (χ2n) is 7.71. The van der Waals surface area contributed by atoms with Crippen LogP contribution in [0.4, 0.5) is 4.79 Å². The van der Waals surface area contributed by atoms with Gasteiger partial charge in [0.05, 0.1) is 23.6 Å². The number of imide groups is 1. The van der Waals surface area contributed by atoms with E-state index in [2.05, 4.69) is 38.9 Å². The largest absolute Gasteiger partial charge is 0.493 e. The first-order chi connectivity index (χ1) is 16.8. The van der Waals surface area contributed by atoms with Crippen molar-refractivity contribution in [1.82, 2.24) is 4.90 Å². The van der Waals surface area contributed by atoms with Crippen molar-refractivity contribution < 1.29 is 28.6 Å². The van der Waals surface area contributed by atoms with Crippen LogP contribution in [0.25, 0.3) is 16.8 Å². The molecule has 2 amide bonds. The van der Waals surface area contributed by atoms with E-state index in [4.69, 9.17) is 9.47 Å². The molecule has 1 fully saturated rings. The summed E-state index contributed by atoms with van der Waals surface area (Å²) in [6.07, 6.45) is 1.58. The van der Waals surface area contributed by atoms with Crippen molar-refractivity contribution in [2.24, 2.45) is 0 Å². The van der Waals surface area contributed by atoms with E-state index in [1.54, 1.807) is 18.2 Å². The molecule has 0 spiro atoms. The van der Waals surface area contributed by atoms with Crippen LogP contribution in [0.1, 0.15) is 18.1 Å². The van der Waals surface area contributed by atoms with Crippen LogP contribution in [0.5, 0.6) is 11.5 Å². The van der Waals surface area contributed by atoms with E-state index in [0.717, 1.165) is 33.0 Å². The van der Waals surface area contributed by atoms with Crippen LogP contribution < -0.4 is 9.47 Å². The first-order valence-electron chi connectivity index (χ1n) is 10.7. The Morgan fingerprint density at radius 1 is 1.11 bits per heavy atom. The maximum absolute atomic E-state index is 12.8. The van der Waals surface area contributed by atoms with Crippen LogP contribution in [0.15, 0.2) is 64.0 Å². The van der Waals surface area contributed by atoms with Gasteiger partial charge in [0.2, 0.25) is 0 Å². The van der Waals surface area contributed by atoms with Crippen molar-refractivity contribution in [2.45, 2.75) is 19.6 Å². The van der Waals surface area contributed by atoms with Crippen LogP contribution in [-0.4, -0.2) is 42.3 Å². The summed E-state index contributed by atoms with van der Waals surface area (Å²) >= 11 is 4.31. The van der Waals surface area contributed by atoms with E-state index in [0.29, 0.717) is 28.1 Å². The summed E-state index contributed by atoms with van der Waals surface area (Å²) in [7, 11) is 2.74. The van der Waals surface area contributed by atoms with Gasteiger partial charge in [0.1, 0.15) is 12.6 Å². The highest BCUT2D eigenvalue weighted by Crippen LogP contribution is 2.40. The Balaban J connectivity index is 1.58. The first kappa shape index (κ1) is 24.8. The van der Waals surface area contributed by atoms with Crippen molar-refractivity contribution in [3.63, 3.8) is 0 Å². The summed E-state index contributed by atoms with van der Waals surface area (Å²) in [5, 5.41) is 1.71.